The van der Waals surface area contributed by atoms with Crippen LogP contribution in [0.3, 0.4) is 0 Å². The zero-order valence-corrected chi connectivity index (χ0v) is 11.6. The Morgan fingerprint density at radius 1 is 1.24 bits per heavy atom. The molecule has 0 radical (unpaired) electrons. The second-order valence-electron chi connectivity index (χ2n) is 5.63. The van der Waals surface area contributed by atoms with Gasteiger partial charge in [0, 0.05) is 34.6 Å². The van der Waals surface area contributed by atoms with Gasteiger partial charge in [0.05, 0.1) is 0 Å². The largest absolute Gasteiger partial charge is 0.326 e. The molecule has 2 aliphatic rings. The molecule has 2 N–H and O–H groups in total. The lowest BCUT2D eigenvalue weighted by Crippen LogP contribution is -2.47. The van der Waals surface area contributed by atoms with E-state index in [0.29, 0.717) is 5.92 Å². The second-order valence-corrected chi connectivity index (χ2v) is 8.10. The molecular formula is C13H26N2OS. The molecular weight excluding hydrogens is 232 g/mol. The molecule has 4 heteroatoms. The van der Waals surface area contributed by atoms with Gasteiger partial charge in [0.15, 0.2) is 0 Å². The summed E-state index contributed by atoms with van der Waals surface area (Å²) in [6.07, 6.45) is 8.71. The van der Waals surface area contributed by atoms with E-state index in [-0.39, 0.29) is 6.04 Å². The van der Waals surface area contributed by atoms with Crippen molar-refractivity contribution < 1.29 is 4.21 Å². The van der Waals surface area contributed by atoms with Crippen LogP contribution in [0.1, 0.15) is 44.9 Å². The molecule has 1 aliphatic carbocycles. The number of nitrogens with two attached hydrogens (primary N) is 1. The third-order valence-electron chi connectivity index (χ3n) is 4.26. The van der Waals surface area contributed by atoms with Crippen LogP contribution in [0, 0.1) is 5.92 Å². The molecule has 2 fully saturated rings. The Morgan fingerprint density at radius 3 is 2.59 bits per heavy atom. The zero-order valence-electron chi connectivity index (χ0n) is 10.8. The van der Waals surface area contributed by atoms with Gasteiger partial charge in [-0.1, -0.05) is 19.3 Å². The van der Waals surface area contributed by atoms with Crippen molar-refractivity contribution in [2.75, 3.05) is 18.8 Å². The molecule has 0 aromatic heterocycles. The van der Waals surface area contributed by atoms with E-state index in [0.717, 1.165) is 31.7 Å². The highest BCUT2D eigenvalue weighted by Gasteiger charge is 2.27. The van der Waals surface area contributed by atoms with Gasteiger partial charge in [-0.15, -0.1) is 0 Å². The van der Waals surface area contributed by atoms with E-state index in [4.69, 9.17) is 5.73 Å². The summed E-state index contributed by atoms with van der Waals surface area (Å²) < 4.78 is 14.4. The van der Waals surface area contributed by atoms with Crippen LogP contribution in [-0.2, 0) is 9.71 Å². The van der Waals surface area contributed by atoms with E-state index < -0.39 is 9.71 Å². The van der Waals surface area contributed by atoms with Crippen molar-refractivity contribution in [1.29, 1.82) is 0 Å². The molecule has 1 heterocycles. The molecule has 1 aliphatic heterocycles. The van der Waals surface area contributed by atoms with Crippen molar-refractivity contribution in [3.63, 3.8) is 0 Å². The van der Waals surface area contributed by atoms with Gasteiger partial charge in [-0.05, 0) is 37.5 Å². The maximum atomic E-state index is 12.3. The Labute approximate surface area is 106 Å². The SMILES string of the molecule is C=S1(=O)CCCCN1C[C@@H](N)C1CCCCC1. The van der Waals surface area contributed by atoms with Gasteiger partial charge < -0.3 is 5.73 Å². The van der Waals surface area contributed by atoms with Crippen LogP contribution in [0.25, 0.3) is 0 Å². The summed E-state index contributed by atoms with van der Waals surface area (Å²) >= 11 is 0. The maximum Gasteiger partial charge on any atom is 0.0291 e. The fourth-order valence-electron chi connectivity index (χ4n) is 3.08. The summed E-state index contributed by atoms with van der Waals surface area (Å²) in [6, 6.07) is 0.191. The molecule has 1 saturated carbocycles. The van der Waals surface area contributed by atoms with Crippen LogP contribution >= 0.6 is 0 Å². The maximum absolute atomic E-state index is 12.3. The number of hydrogen-bond donors (Lipinski definition) is 1. The van der Waals surface area contributed by atoms with Crippen molar-refractivity contribution in [2.45, 2.75) is 51.0 Å². The number of nitrogens with zero attached hydrogens (tertiary/aromatic N) is 1. The molecule has 0 aromatic rings. The predicted octanol–water partition coefficient (Wildman–Crippen LogP) is 1.62. The Hall–Kier alpha value is -0.0600. The van der Waals surface area contributed by atoms with Gasteiger partial charge in [-0.3, -0.25) is 4.21 Å². The lowest BCUT2D eigenvalue weighted by molar-refractivity contribution is 0.265. The minimum absolute atomic E-state index is 0.191. The van der Waals surface area contributed by atoms with Crippen molar-refractivity contribution in [1.82, 2.24) is 4.31 Å². The van der Waals surface area contributed by atoms with Crippen LogP contribution < -0.4 is 5.73 Å². The second kappa shape index (κ2) is 5.72. The summed E-state index contributed by atoms with van der Waals surface area (Å²) in [4.78, 5) is 0. The molecule has 0 aromatic carbocycles. The monoisotopic (exact) mass is 258 g/mol. The highest BCUT2D eigenvalue weighted by atomic mass is 32.2. The first-order valence-electron chi connectivity index (χ1n) is 6.95. The average Bonchev–Trinajstić information content (AvgIpc) is 2.33. The zero-order chi connectivity index (χ0) is 12.3. The van der Waals surface area contributed by atoms with Gasteiger partial charge in [0.2, 0.25) is 0 Å². The smallest absolute Gasteiger partial charge is 0.0291 e. The van der Waals surface area contributed by atoms with Gasteiger partial charge >= 0.3 is 0 Å². The Morgan fingerprint density at radius 2 is 1.94 bits per heavy atom. The minimum atomic E-state index is -2.00. The average molecular weight is 258 g/mol. The molecule has 0 bridgehead atoms. The third-order valence-corrected chi connectivity index (χ3v) is 6.46. The fourth-order valence-corrected chi connectivity index (χ4v) is 4.90. The van der Waals surface area contributed by atoms with Crippen molar-refractivity contribution in [3.05, 3.63) is 0 Å². The van der Waals surface area contributed by atoms with Gasteiger partial charge in [0.1, 0.15) is 0 Å². The molecule has 3 nitrogen and oxygen atoms in total. The molecule has 0 amide bonds. The van der Waals surface area contributed by atoms with E-state index >= 15 is 0 Å². The Kier molecular flexibility index (Phi) is 4.50. The van der Waals surface area contributed by atoms with Crippen LogP contribution in [-0.4, -0.2) is 39.3 Å². The van der Waals surface area contributed by atoms with Gasteiger partial charge in [0.25, 0.3) is 0 Å². The molecule has 2 atom stereocenters. The van der Waals surface area contributed by atoms with E-state index in [1.54, 1.807) is 0 Å². The molecule has 100 valence electrons. The number of rotatable bonds is 3. The number of hydrogen-bond acceptors (Lipinski definition) is 2. The van der Waals surface area contributed by atoms with Crippen molar-refractivity contribution in [3.8, 4) is 0 Å². The topological polar surface area (TPSA) is 46.3 Å². The molecule has 0 spiro atoms. The first kappa shape index (κ1) is 13.4. The lowest BCUT2D eigenvalue weighted by Gasteiger charge is -2.35. The summed E-state index contributed by atoms with van der Waals surface area (Å²) in [5.41, 5.74) is 6.31. The quantitative estimate of drug-likeness (QED) is 0.782. The van der Waals surface area contributed by atoms with E-state index in [1.807, 2.05) is 0 Å². The molecule has 1 saturated heterocycles. The summed E-state index contributed by atoms with van der Waals surface area (Å²) in [5.74, 6) is 5.30. The lowest BCUT2D eigenvalue weighted by atomic mass is 9.84. The normalized spacial score (nSPS) is 34.6. The van der Waals surface area contributed by atoms with Gasteiger partial charge in [-0.2, -0.15) is 0 Å². The standard InChI is InChI=1S/C13H26N2OS/c1-17(16)10-6-5-9-15(17)11-13(14)12-7-3-2-4-8-12/h12-13H,1-11,14H2/t13-,17?/m1/s1. The minimum Gasteiger partial charge on any atom is -0.326 e. The van der Waals surface area contributed by atoms with Crippen LogP contribution in [0.15, 0.2) is 0 Å². The first-order chi connectivity index (χ1) is 8.09. The van der Waals surface area contributed by atoms with E-state index in [9.17, 15) is 4.21 Å². The summed E-state index contributed by atoms with van der Waals surface area (Å²) in [6.45, 7) is 1.70. The molecule has 2 rings (SSSR count). The van der Waals surface area contributed by atoms with E-state index in [1.165, 1.54) is 32.1 Å². The molecule has 17 heavy (non-hydrogen) atoms. The van der Waals surface area contributed by atoms with Crippen LogP contribution in [0.5, 0.6) is 0 Å². The Balaban J connectivity index is 1.90. The first-order valence-corrected chi connectivity index (χ1v) is 8.80. The van der Waals surface area contributed by atoms with Gasteiger partial charge in [-0.25, -0.2) is 4.31 Å². The highest BCUT2D eigenvalue weighted by molar-refractivity contribution is 7.98. The Bertz CT molecular complexity index is 333. The van der Waals surface area contributed by atoms with E-state index in [2.05, 4.69) is 10.2 Å². The summed E-state index contributed by atoms with van der Waals surface area (Å²) in [5, 5.41) is 0. The van der Waals surface area contributed by atoms with Crippen molar-refractivity contribution >= 4 is 15.6 Å². The van der Waals surface area contributed by atoms with Crippen LogP contribution in [0.4, 0.5) is 0 Å². The third kappa shape index (κ3) is 3.46. The predicted molar refractivity (Wildman–Crippen MR) is 75.5 cm³/mol. The molecule has 1 unspecified atom stereocenters. The fraction of sp³-hybridized carbons (Fsp3) is 0.923. The van der Waals surface area contributed by atoms with Crippen LogP contribution in [0.2, 0.25) is 0 Å². The highest BCUT2D eigenvalue weighted by Crippen LogP contribution is 2.26. The summed E-state index contributed by atoms with van der Waals surface area (Å²) in [7, 11) is -2.00. The van der Waals surface area contributed by atoms with Crippen molar-refractivity contribution in [2.24, 2.45) is 11.7 Å².